The lowest BCUT2D eigenvalue weighted by atomic mass is 10.3. The summed E-state index contributed by atoms with van der Waals surface area (Å²) < 4.78 is 2.04. The van der Waals surface area contributed by atoms with Crippen molar-refractivity contribution in [2.24, 2.45) is 0 Å². The molecule has 4 nitrogen and oxygen atoms in total. The van der Waals surface area contributed by atoms with Crippen LogP contribution >= 0.6 is 23.1 Å². The lowest BCUT2D eigenvalue weighted by molar-refractivity contribution is 0.849. The molecule has 1 aromatic carbocycles. The van der Waals surface area contributed by atoms with Crippen LogP contribution in [0.15, 0.2) is 53.0 Å². The molecule has 0 aliphatic rings. The monoisotopic (exact) mass is 326 g/mol. The molecule has 3 rings (SSSR count). The predicted octanol–water partition coefficient (Wildman–Crippen LogP) is 3.92. The average Bonchev–Trinajstić information content (AvgIpc) is 3.19. The maximum absolute atomic E-state index is 9.05. The highest BCUT2D eigenvalue weighted by Crippen LogP contribution is 2.26. The molecular formula is C16H14N4S2. The van der Waals surface area contributed by atoms with Crippen molar-refractivity contribution in [3.8, 4) is 11.8 Å². The number of nitrogens with zero attached hydrogens (tertiary/aromatic N) is 4. The fourth-order valence-electron chi connectivity index (χ4n) is 2.08. The van der Waals surface area contributed by atoms with Crippen molar-refractivity contribution in [1.82, 2.24) is 14.8 Å². The van der Waals surface area contributed by atoms with Crippen molar-refractivity contribution in [1.29, 1.82) is 5.26 Å². The van der Waals surface area contributed by atoms with Gasteiger partial charge in [0.1, 0.15) is 5.82 Å². The number of nitriles is 1. The summed E-state index contributed by atoms with van der Waals surface area (Å²) in [6, 6.07) is 16.4. The van der Waals surface area contributed by atoms with Gasteiger partial charge in [-0.2, -0.15) is 5.26 Å². The summed E-state index contributed by atoms with van der Waals surface area (Å²) in [6.07, 6.45) is 0.737. The van der Waals surface area contributed by atoms with E-state index in [-0.39, 0.29) is 5.25 Å². The number of hydrogen-bond acceptors (Lipinski definition) is 5. The minimum Gasteiger partial charge on any atom is -0.274 e. The molecule has 0 fully saturated rings. The summed E-state index contributed by atoms with van der Waals surface area (Å²) in [6.45, 7) is 1.87. The van der Waals surface area contributed by atoms with Crippen LogP contribution in [-0.4, -0.2) is 20.0 Å². The summed E-state index contributed by atoms with van der Waals surface area (Å²) >= 11 is 3.14. The highest BCUT2D eigenvalue weighted by Gasteiger charge is 2.17. The molecule has 0 aliphatic heterocycles. The lowest BCUT2D eigenvalue weighted by Crippen LogP contribution is -2.04. The van der Waals surface area contributed by atoms with Gasteiger partial charge >= 0.3 is 0 Å². The van der Waals surface area contributed by atoms with E-state index in [1.165, 1.54) is 16.6 Å². The first-order chi connectivity index (χ1) is 10.8. The third kappa shape index (κ3) is 3.21. The van der Waals surface area contributed by atoms with Crippen LogP contribution in [0.25, 0.3) is 5.69 Å². The number of thiophene rings is 1. The average molecular weight is 326 g/mol. The van der Waals surface area contributed by atoms with Gasteiger partial charge in [-0.1, -0.05) is 36.0 Å². The van der Waals surface area contributed by atoms with E-state index in [4.69, 9.17) is 5.26 Å². The largest absolute Gasteiger partial charge is 0.274 e. The van der Waals surface area contributed by atoms with Gasteiger partial charge in [-0.05, 0) is 30.5 Å². The normalized spacial score (nSPS) is 12.0. The quantitative estimate of drug-likeness (QED) is 0.667. The Kier molecular flexibility index (Phi) is 4.56. The molecule has 2 heterocycles. The molecule has 6 heteroatoms. The van der Waals surface area contributed by atoms with E-state index in [0.29, 0.717) is 0 Å². The first-order valence-corrected chi connectivity index (χ1v) is 8.62. The van der Waals surface area contributed by atoms with Crippen molar-refractivity contribution >= 4 is 23.1 Å². The zero-order valence-electron chi connectivity index (χ0n) is 12.0. The smallest absolute Gasteiger partial charge is 0.197 e. The van der Waals surface area contributed by atoms with E-state index in [1.54, 1.807) is 11.3 Å². The third-order valence-electron chi connectivity index (χ3n) is 3.09. The topological polar surface area (TPSA) is 54.5 Å². The van der Waals surface area contributed by atoms with Gasteiger partial charge in [0, 0.05) is 17.0 Å². The zero-order valence-corrected chi connectivity index (χ0v) is 13.6. The van der Waals surface area contributed by atoms with Gasteiger partial charge in [0.15, 0.2) is 5.16 Å². The molecular weight excluding hydrogens is 312 g/mol. The van der Waals surface area contributed by atoms with Gasteiger partial charge in [0.2, 0.25) is 0 Å². The number of thioether (sulfide) groups is 1. The third-order valence-corrected chi connectivity index (χ3v) is 4.90. The Hall–Kier alpha value is -2.10. The minimum absolute atomic E-state index is 0.166. The van der Waals surface area contributed by atoms with Crippen LogP contribution in [0.3, 0.4) is 0 Å². The van der Waals surface area contributed by atoms with Gasteiger partial charge in [-0.3, -0.25) is 4.57 Å². The summed E-state index contributed by atoms with van der Waals surface area (Å²) in [5.41, 5.74) is 1.02. The number of hydrogen-bond donors (Lipinski definition) is 0. The van der Waals surface area contributed by atoms with Crippen molar-refractivity contribution in [3.05, 3.63) is 58.5 Å². The van der Waals surface area contributed by atoms with Gasteiger partial charge in [0.05, 0.1) is 11.3 Å². The second-order valence-corrected chi connectivity index (χ2v) is 7.06. The summed E-state index contributed by atoms with van der Waals surface area (Å²) in [5, 5.41) is 20.3. The molecule has 0 radical (unpaired) electrons. The van der Waals surface area contributed by atoms with Crippen LogP contribution in [0.5, 0.6) is 0 Å². The van der Waals surface area contributed by atoms with Gasteiger partial charge in [-0.15, -0.1) is 21.5 Å². The number of benzene rings is 1. The molecule has 0 spiro atoms. The van der Waals surface area contributed by atoms with Gasteiger partial charge < -0.3 is 0 Å². The maximum atomic E-state index is 9.05. The zero-order chi connectivity index (χ0) is 15.4. The lowest BCUT2D eigenvalue weighted by Gasteiger charge is -2.10. The summed E-state index contributed by atoms with van der Waals surface area (Å²) in [7, 11) is 0. The number of aromatic nitrogens is 3. The Morgan fingerprint density at radius 2 is 2.05 bits per heavy atom. The van der Waals surface area contributed by atoms with Crippen LogP contribution in [0, 0.1) is 11.3 Å². The van der Waals surface area contributed by atoms with Crippen LogP contribution < -0.4 is 0 Å². The summed E-state index contributed by atoms with van der Waals surface area (Å²) in [5.74, 6) is 0.890. The molecule has 0 unspecified atom stereocenters. The van der Waals surface area contributed by atoms with Crippen LogP contribution in [-0.2, 0) is 6.42 Å². The first-order valence-electron chi connectivity index (χ1n) is 6.86. The van der Waals surface area contributed by atoms with E-state index in [2.05, 4.69) is 27.7 Å². The Bertz CT molecular complexity index is 772. The maximum Gasteiger partial charge on any atom is 0.197 e. The van der Waals surface area contributed by atoms with E-state index in [9.17, 15) is 0 Å². The number of para-hydroxylation sites is 1. The standard InChI is InChI=1S/C16H14N4S2/c1-12(11-17)22-16-19-18-15(10-14-8-5-9-21-14)20(16)13-6-3-2-4-7-13/h2-9,12H,10H2,1H3/t12-/m1/s1. The summed E-state index contributed by atoms with van der Waals surface area (Å²) in [4.78, 5) is 1.24. The SMILES string of the molecule is C[C@H](C#N)Sc1nnc(Cc2cccs2)n1-c1ccccc1. The second kappa shape index (κ2) is 6.77. The van der Waals surface area contributed by atoms with Crippen LogP contribution in [0.1, 0.15) is 17.6 Å². The first kappa shape index (κ1) is 14.8. The molecule has 0 amide bonds. The predicted molar refractivity (Wildman–Crippen MR) is 89.4 cm³/mol. The van der Waals surface area contributed by atoms with Crippen molar-refractivity contribution in [2.75, 3.05) is 0 Å². The fourth-order valence-corrected chi connectivity index (χ4v) is 3.56. The van der Waals surface area contributed by atoms with Gasteiger partial charge in [-0.25, -0.2) is 0 Å². The molecule has 3 aromatic rings. The highest BCUT2D eigenvalue weighted by molar-refractivity contribution is 8.00. The fraction of sp³-hybridized carbons (Fsp3) is 0.188. The molecule has 0 bridgehead atoms. The van der Waals surface area contributed by atoms with E-state index in [1.807, 2.05) is 47.9 Å². The number of rotatable bonds is 5. The van der Waals surface area contributed by atoms with Crippen molar-refractivity contribution in [3.63, 3.8) is 0 Å². The van der Waals surface area contributed by atoms with Crippen LogP contribution in [0.4, 0.5) is 0 Å². The second-order valence-electron chi connectivity index (χ2n) is 4.72. The van der Waals surface area contributed by atoms with E-state index >= 15 is 0 Å². The molecule has 110 valence electrons. The minimum atomic E-state index is -0.166. The highest BCUT2D eigenvalue weighted by atomic mass is 32.2. The van der Waals surface area contributed by atoms with Gasteiger partial charge in [0.25, 0.3) is 0 Å². The molecule has 1 atom stereocenters. The Labute approximate surface area is 137 Å². The van der Waals surface area contributed by atoms with Crippen LogP contribution in [0.2, 0.25) is 0 Å². The Balaban J connectivity index is 2.01. The molecule has 0 saturated carbocycles. The molecule has 22 heavy (non-hydrogen) atoms. The molecule has 2 aromatic heterocycles. The molecule has 0 N–H and O–H groups in total. The Morgan fingerprint density at radius 1 is 1.23 bits per heavy atom. The van der Waals surface area contributed by atoms with Crippen molar-refractivity contribution < 1.29 is 0 Å². The Morgan fingerprint density at radius 3 is 2.73 bits per heavy atom. The molecule has 0 aliphatic carbocycles. The van der Waals surface area contributed by atoms with E-state index in [0.717, 1.165) is 23.1 Å². The van der Waals surface area contributed by atoms with E-state index < -0.39 is 0 Å². The molecule has 0 saturated heterocycles. The van der Waals surface area contributed by atoms with Crippen molar-refractivity contribution in [2.45, 2.75) is 23.8 Å².